The molecule has 1 saturated heterocycles. The van der Waals surface area contributed by atoms with Crippen molar-refractivity contribution in [2.24, 2.45) is 11.8 Å². The zero-order valence-electron chi connectivity index (χ0n) is 13.0. The topological polar surface area (TPSA) is 62.3 Å². The van der Waals surface area contributed by atoms with Gasteiger partial charge in [0.25, 0.3) is 10.0 Å². The fraction of sp³-hybridized carbons (Fsp3) is 0.667. The molecule has 0 spiro atoms. The number of anilines is 1. The van der Waals surface area contributed by atoms with Crippen molar-refractivity contribution < 1.29 is 8.42 Å². The Hall–Kier alpha value is -1.14. The third-order valence-corrected chi connectivity index (χ3v) is 5.55. The lowest BCUT2D eigenvalue weighted by Crippen LogP contribution is -2.43. The van der Waals surface area contributed by atoms with E-state index < -0.39 is 10.0 Å². The van der Waals surface area contributed by atoms with E-state index in [1.165, 1.54) is 0 Å². The van der Waals surface area contributed by atoms with Gasteiger partial charge < -0.3 is 5.32 Å². The largest absolute Gasteiger partial charge is 0.383 e. The van der Waals surface area contributed by atoms with Crippen LogP contribution in [0.25, 0.3) is 0 Å². The number of nitrogens with zero attached hydrogens (tertiary/aromatic N) is 2. The quantitative estimate of drug-likeness (QED) is 0.908. The molecule has 0 radical (unpaired) electrons. The maximum Gasteiger partial charge on any atom is 0.262 e. The van der Waals surface area contributed by atoms with Gasteiger partial charge in [0, 0.05) is 25.8 Å². The van der Waals surface area contributed by atoms with Crippen molar-refractivity contribution in [2.45, 2.75) is 38.6 Å². The molecule has 2 rings (SSSR count). The summed E-state index contributed by atoms with van der Waals surface area (Å²) in [4.78, 5) is 4.14. The third kappa shape index (κ3) is 3.74. The molecule has 1 N–H and O–H groups in total. The number of sulfonamides is 1. The van der Waals surface area contributed by atoms with Crippen LogP contribution in [0.3, 0.4) is 0 Å². The number of aromatic nitrogens is 1. The summed E-state index contributed by atoms with van der Waals surface area (Å²) in [6, 6.07) is 3.55. The van der Waals surface area contributed by atoms with E-state index in [9.17, 15) is 8.42 Å². The van der Waals surface area contributed by atoms with E-state index in [-0.39, 0.29) is 5.03 Å². The number of hydrogen-bond acceptors (Lipinski definition) is 4. The second-order valence-electron chi connectivity index (χ2n) is 6.05. The first-order chi connectivity index (χ1) is 9.95. The van der Waals surface area contributed by atoms with Crippen LogP contribution in [-0.4, -0.2) is 37.3 Å². The number of pyridine rings is 1. The molecule has 1 aliphatic rings. The van der Waals surface area contributed by atoms with Gasteiger partial charge in [-0.1, -0.05) is 20.8 Å². The third-order valence-electron chi connectivity index (χ3n) is 3.76. The summed E-state index contributed by atoms with van der Waals surface area (Å²) in [5, 5.41) is 3.31. The van der Waals surface area contributed by atoms with Crippen molar-refractivity contribution in [3.05, 3.63) is 18.3 Å². The molecule has 0 saturated carbocycles. The van der Waals surface area contributed by atoms with Gasteiger partial charge in [-0.3, -0.25) is 0 Å². The van der Waals surface area contributed by atoms with Crippen LogP contribution in [0.5, 0.6) is 0 Å². The highest BCUT2D eigenvalue weighted by Gasteiger charge is 2.33. The Bertz CT molecular complexity index is 564. The maximum atomic E-state index is 12.9. The van der Waals surface area contributed by atoms with E-state index in [0.29, 0.717) is 30.6 Å². The Morgan fingerprint density at radius 2 is 2.00 bits per heavy atom. The predicted octanol–water partition coefficient (Wildman–Crippen LogP) is 2.57. The van der Waals surface area contributed by atoms with Gasteiger partial charge in [-0.2, -0.15) is 4.31 Å². The van der Waals surface area contributed by atoms with Crippen molar-refractivity contribution in [1.29, 1.82) is 0 Å². The average molecular weight is 311 g/mol. The summed E-state index contributed by atoms with van der Waals surface area (Å²) in [5.41, 5.74) is 0.602. The molecule has 0 aromatic carbocycles. The van der Waals surface area contributed by atoms with E-state index >= 15 is 0 Å². The van der Waals surface area contributed by atoms with Gasteiger partial charge in [-0.25, -0.2) is 13.4 Å². The molecule has 118 valence electrons. The summed E-state index contributed by atoms with van der Waals surface area (Å²) in [6.07, 6.45) is 3.56. The van der Waals surface area contributed by atoms with Crippen LogP contribution < -0.4 is 5.32 Å². The highest BCUT2D eigenvalue weighted by atomic mass is 32.2. The summed E-state index contributed by atoms with van der Waals surface area (Å²) in [6.45, 7) is 8.15. The Balaban J connectivity index is 2.31. The van der Waals surface area contributed by atoms with Gasteiger partial charge in [0.1, 0.15) is 0 Å². The second kappa shape index (κ2) is 6.75. The zero-order valence-corrected chi connectivity index (χ0v) is 13.9. The number of piperidine rings is 1. The SMILES string of the molecule is CCCNc1cccnc1S(=O)(=O)N1CC(C)CC(C)C1. The average Bonchev–Trinajstić information content (AvgIpc) is 2.44. The Morgan fingerprint density at radius 3 is 2.62 bits per heavy atom. The van der Waals surface area contributed by atoms with Crippen molar-refractivity contribution in [3.8, 4) is 0 Å². The molecule has 5 nitrogen and oxygen atoms in total. The Kier molecular flexibility index (Phi) is 5.22. The number of rotatable bonds is 5. The summed E-state index contributed by atoms with van der Waals surface area (Å²) in [5.74, 6) is 0.776. The minimum atomic E-state index is -3.53. The minimum Gasteiger partial charge on any atom is -0.383 e. The van der Waals surface area contributed by atoms with Crippen molar-refractivity contribution >= 4 is 15.7 Å². The monoisotopic (exact) mass is 311 g/mol. The fourth-order valence-corrected chi connectivity index (χ4v) is 4.67. The van der Waals surface area contributed by atoms with Gasteiger partial charge in [-0.05, 0) is 36.8 Å². The summed E-state index contributed by atoms with van der Waals surface area (Å²) in [7, 11) is -3.53. The van der Waals surface area contributed by atoms with Crippen LogP contribution in [0.2, 0.25) is 0 Å². The Morgan fingerprint density at radius 1 is 1.33 bits per heavy atom. The van der Waals surface area contributed by atoms with Crippen LogP contribution in [0, 0.1) is 11.8 Å². The van der Waals surface area contributed by atoms with Crippen LogP contribution in [0.4, 0.5) is 5.69 Å². The molecule has 0 bridgehead atoms. The molecule has 2 heterocycles. The molecule has 2 atom stereocenters. The predicted molar refractivity (Wildman–Crippen MR) is 84.7 cm³/mol. The van der Waals surface area contributed by atoms with Gasteiger partial charge >= 0.3 is 0 Å². The van der Waals surface area contributed by atoms with Crippen molar-refractivity contribution in [1.82, 2.24) is 9.29 Å². The lowest BCUT2D eigenvalue weighted by molar-refractivity contribution is 0.222. The van der Waals surface area contributed by atoms with Gasteiger partial charge in [0.2, 0.25) is 0 Å². The normalized spacial score (nSPS) is 24.0. The standard InChI is InChI=1S/C15H25N3O2S/c1-4-7-16-14-6-5-8-17-15(14)21(19,20)18-10-12(2)9-13(3)11-18/h5-6,8,12-13,16H,4,7,9-11H2,1-3H3. The zero-order chi connectivity index (χ0) is 15.5. The van der Waals surface area contributed by atoms with E-state index in [1.54, 1.807) is 22.6 Å². The van der Waals surface area contributed by atoms with Crippen LogP contribution >= 0.6 is 0 Å². The molecule has 0 amide bonds. The second-order valence-corrected chi connectivity index (χ2v) is 7.90. The Labute approximate surface area is 127 Å². The van der Waals surface area contributed by atoms with Crippen LogP contribution in [0.15, 0.2) is 23.4 Å². The molecular formula is C15H25N3O2S. The minimum absolute atomic E-state index is 0.153. The van der Waals surface area contributed by atoms with Gasteiger partial charge in [0.05, 0.1) is 5.69 Å². The van der Waals surface area contributed by atoms with Crippen molar-refractivity contribution in [2.75, 3.05) is 25.0 Å². The molecule has 1 fully saturated rings. The van der Waals surface area contributed by atoms with E-state index in [1.807, 2.05) is 6.92 Å². The highest BCUT2D eigenvalue weighted by Crippen LogP contribution is 2.28. The molecule has 21 heavy (non-hydrogen) atoms. The van der Waals surface area contributed by atoms with Crippen LogP contribution in [0.1, 0.15) is 33.6 Å². The highest BCUT2D eigenvalue weighted by molar-refractivity contribution is 7.89. The molecule has 1 aromatic heterocycles. The van der Waals surface area contributed by atoms with Gasteiger partial charge in [-0.15, -0.1) is 0 Å². The first-order valence-electron chi connectivity index (χ1n) is 7.64. The first kappa shape index (κ1) is 16.2. The fourth-order valence-electron chi connectivity index (χ4n) is 2.91. The molecule has 0 aliphatic carbocycles. The summed E-state index contributed by atoms with van der Waals surface area (Å²) < 4.78 is 27.4. The van der Waals surface area contributed by atoms with Crippen LogP contribution in [-0.2, 0) is 10.0 Å². The number of nitrogens with one attached hydrogen (secondary N) is 1. The first-order valence-corrected chi connectivity index (χ1v) is 9.08. The lowest BCUT2D eigenvalue weighted by Gasteiger charge is -2.34. The molecular weight excluding hydrogens is 286 g/mol. The van der Waals surface area contributed by atoms with Gasteiger partial charge in [0.15, 0.2) is 5.03 Å². The molecule has 2 unspecified atom stereocenters. The summed E-state index contributed by atoms with van der Waals surface area (Å²) >= 11 is 0. The van der Waals surface area contributed by atoms with E-state index in [4.69, 9.17) is 0 Å². The van der Waals surface area contributed by atoms with Crippen molar-refractivity contribution in [3.63, 3.8) is 0 Å². The lowest BCUT2D eigenvalue weighted by atomic mass is 9.94. The van der Waals surface area contributed by atoms with E-state index in [0.717, 1.165) is 19.4 Å². The maximum absolute atomic E-state index is 12.9. The van der Waals surface area contributed by atoms with E-state index in [2.05, 4.69) is 24.1 Å². The smallest absolute Gasteiger partial charge is 0.262 e. The number of hydrogen-bond donors (Lipinski definition) is 1. The molecule has 1 aromatic rings. The molecule has 1 aliphatic heterocycles. The molecule has 6 heteroatoms.